The molecule has 0 saturated heterocycles. The Morgan fingerprint density at radius 2 is 1.00 bits per heavy atom. The fraction of sp³-hybridized carbons (Fsp3) is 1.00. The maximum absolute atomic E-state index is 0. The van der Waals surface area contributed by atoms with Crippen LogP contribution in [-0.4, -0.2) is 112 Å². The molecule has 0 saturated carbocycles. The predicted molar refractivity (Wildman–Crippen MR) is 36.0 cm³/mol. The molecule has 2 N–H and O–H groups in total. The Morgan fingerprint density at radius 3 is 1.00 bits per heavy atom. The number of rotatable bonds is 0. The van der Waals surface area contributed by atoms with Crippen LogP contribution in [-0.2, 0) is 0 Å². The average Bonchev–Trinajstić information content (AvgIpc) is 0. The molecule has 0 aromatic heterocycles. The molecule has 0 aromatic carbocycles. The quantitative estimate of drug-likeness (QED) is 0.368. The van der Waals surface area contributed by atoms with Crippen molar-refractivity contribution < 1.29 is 5.48 Å². The van der Waals surface area contributed by atoms with E-state index in [4.69, 9.17) is 0 Å². The second-order valence-corrected chi connectivity index (χ2v) is 0. The summed E-state index contributed by atoms with van der Waals surface area (Å²) < 4.78 is 0. The predicted octanol–water partition coefficient (Wildman–Crippen LogP) is -2.94. The average molecular weight is 192 g/mol. The van der Waals surface area contributed by atoms with Crippen molar-refractivity contribution in [1.82, 2.24) is 0 Å². The third kappa shape index (κ3) is 18.6. The van der Waals surface area contributed by atoms with E-state index in [1.807, 2.05) is 0 Å². The molecule has 0 heterocycles. The molecule has 0 amide bonds. The standard InChI is InChI=1S/CH4.Ca.Mg.H2O.Sr.6H/h1H4;;;1H2;;;;;;;. The third-order valence-corrected chi connectivity index (χ3v) is 0. The summed E-state index contributed by atoms with van der Waals surface area (Å²) in [5.74, 6) is 0. The van der Waals surface area contributed by atoms with Gasteiger partial charge in [0.1, 0.15) is 0 Å². The molecule has 0 aliphatic rings. The zero-order chi connectivity index (χ0) is 0. The molecule has 0 unspecified atom stereocenters. The van der Waals surface area contributed by atoms with Gasteiger partial charge < -0.3 is 5.48 Å². The molecule has 0 spiro atoms. The molecule has 0 fully saturated rings. The molecule has 0 bridgehead atoms. The molecule has 0 aromatic rings. The minimum absolute atomic E-state index is 0. The first-order valence-electron chi connectivity index (χ1n) is 0. The van der Waals surface area contributed by atoms with Crippen LogP contribution in [0.25, 0.3) is 0 Å². The molecule has 1 nitrogen and oxygen atoms in total. The first kappa shape index (κ1) is 39.3. The number of hydrogen-bond donors (Lipinski definition) is 0. The van der Waals surface area contributed by atoms with Crippen molar-refractivity contribution >= 4 is 106 Å². The van der Waals surface area contributed by atoms with Crippen LogP contribution in [0.4, 0.5) is 0 Å². The summed E-state index contributed by atoms with van der Waals surface area (Å²) >= 11 is 0. The fourth-order valence-corrected chi connectivity index (χ4v) is 0. The van der Waals surface area contributed by atoms with Crippen molar-refractivity contribution in [3.8, 4) is 0 Å². The van der Waals surface area contributed by atoms with Crippen LogP contribution in [0.5, 0.6) is 0 Å². The van der Waals surface area contributed by atoms with Gasteiger partial charge in [0.05, 0.1) is 0 Å². The van der Waals surface area contributed by atoms with Crippen LogP contribution in [0.2, 0.25) is 0 Å². The van der Waals surface area contributed by atoms with E-state index < -0.39 is 0 Å². The molecular weight excluding hydrogens is 180 g/mol. The van der Waals surface area contributed by atoms with Gasteiger partial charge in [-0.05, 0) is 0 Å². The van der Waals surface area contributed by atoms with Crippen LogP contribution in [0.1, 0.15) is 7.43 Å². The van der Waals surface area contributed by atoms with Crippen molar-refractivity contribution in [3.05, 3.63) is 0 Å². The minimum atomic E-state index is 0. The molecule has 28 valence electrons. The van der Waals surface area contributed by atoms with Crippen LogP contribution >= 0.6 is 0 Å². The molecule has 4 heteroatoms. The van der Waals surface area contributed by atoms with Crippen molar-refractivity contribution in [2.75, 3.05) is 0 Å². The summed E-state index contributed by atoms with van der Waals surface area (Å²) in [6.45, 7) is 0. The summed E-state index contributed by atoms with van der Waals surface area (Å²) in [5.41, 5.74) is 0. The fourth-order valence-electron chi connectivity index (χ4n) is 0. The SMILES string of the molecule is C.O.[CaH2].[MgH2].[SrH2]. The van der Waals surface area contributed by atoms with Gasteiger partial charge in [-0.15, -0.1) is 0 Å². The van der Waals surface area contributed by atoms with Gasteiger partial charge in [0.15, 0.2) is 0 Å². The summed E-state index contributed by atoms with van der Waals surface area (Å²) in [6, 6.07) is 0. The van der Waals surface area contributed by atoms with E-state index >= 15 is 0 Å². The van der Waals surface area contributed by atoms with E-state index in [1.54, 1.807) is 0 Å². The maximum atomic E-state index is 0. The molecule has 0 radical (unpaired) electrons. The van der Waals surface area contributed by atoms with Crippen molar-refractivity contribution in [1.29, 1.82) is 0 Å². The van der Waals surface area contributed by atoms with Gasteiger partial charge in [-0.3, -0.25) is 0 Å². The topological polar surface area (TPSA) is 31.5 Å². The van der Waals surface area contributed by atoms with E-state index in [0.717, 1.165) is 0 Å². The Kier molecular flexibility index (Phi) is 204. The van der Waals surface area contributed by atoms with Crippen molar-refractivity contribution in [2.45, 2.75) is 7.43 Å². The Labute approximate surface area is 116 Å². The molecule has 0 rings (SSSR count). The molecular formula is CH12CaMgOSr. The first-order chi connectivity index (χ1) is 0. The van der Waals surface area contributed by atoms with Crippen molar-refractivity contribution in [3.63, 3.8) is 0 Å². The van der Waals surface area contributed by atoms with Gasteiger partial charge in [0, 0.05) is 0 Å². The summed E-state index contributed by atoms with van der Waals surface area (Å²) in [6.07, 6.45) is 0. The Hall–Kier alpha value is 3.47. The summed E-state index contributed by atoms with van der Waals surface area (Å²) in [4.78, 5) is 0. The van der Waals surface area contributed by atoms with E-state index in [-0.39, 0.29) is 119 Å². The van der Waals surface area contributed by atoms with E-state index in [1.165, 1.54) is 0 Å². The van der Waals surface area contributed by atoms with Crippen molar-refractivity contribution in [2.24, 2.45) is 0 Å². The van der Waals surface area contributed by atoms with E-state index in [0.29, 0.717) is 0 Å². The van der Waals surface area contributed by atoms with Crippen LogP contribution < -0.4 is 0 Å². The molecule has 5 heavy (non-hydrogen) atoms. The number of hydrogen-bond acceptors (Lipinski definition) is 0. The summed E-state index contributed by atoms with van der Waals surface area (Å²) in [5, 5.41) is 0. The van der Waals surface area contributed by atoms with Crippen LogP contribution in [0.3, 0.4) is 0 Å². The van der Waals surface area contributed by atoms with E-state index in [9.17, 15) is 0 Å². The zero-order valence-electron chi connectivity index (χ0n) is 0.500. The monoisotopic (exact) mass is 192 g/mol. The normalized spacial score (nSPS) is 0. The Balaban J connectivity index is 0. The summed E-state index contributed by atoms with van der Waals surface area (Å²) in [7, 11) is 0. The van der Waals surface area contributed by atoms with Gasteiger partial charge >= 0.3 is 106 Å². The molecule has 0 atom stereocenters. The molecule has 0 aliphatic carbocycles. The second kappa shape index (κ2) is 26.0. The van der Waals surface area contributed by atoms with Gasteiger partial charge in [0.2, 0.25) is 0 Å². The Morgan fingerprint density at radius 1 is 1.00 bits per heavy atom. The molecule has 0 aliphatic heterocycles. The van der Waals surface area contributed by atoms with Gasteiger partial charge in [0.25, 0.3) is 0 Å². The Bertz CT molecular complexity index is 11.6. The van der Waals surface area contributed by atoms with Gasteiger partial charge in [-0.1, -0.05) is 7.43 Å². The second-order valence-electron chi connectivity index (χ2n) is 0. The van der Waals surface area contributed by atoms with Gasteiger partial charge in [-0.2, -0.15) is 0 Å². The van der Waals surface area contributed by atoms with Crippen LogP contribution in [0.15, 0.2) is 0 Å². The third-order valence-electron chi connectivity index (χ3n) is 0. The van der Waals surface area contributed by atoms with Crippen LogP contribution in [0, 0.1) is 0 Å². The zero-order valence-corrected chi connectivity index (χ0v) is 0.500. The van der Waals surface area contributed by atoms with E-state index in [2.05, 4.69) is 0 Å². The van der Waals surface area contributed by atoms with Gasteiger partial charge in [-0.25, -0.2) is 0 Å². The first-order valence-corrected chi connectivity index (χ1v) is 0.